The zero-order valence-electron chi connectivity index (χ0n) is 8.03. The molecule has 0 heterocycles. The van der Waals surface area contributed by atoms with Crippen LogP contribution in [0, 0.1) is 22.7 Å². The van der Waals surface area contributed by atoms with E-state index in [2.05, 4.69) is 6.07 Å². The van der Waals surface area contributed by atoms with Crippen LogP contribution in [0.15, 0.2) is 24.3 Å². The number of ketones is 1. The third kappa shape index (κ3) is 1.39. The molecular weight excluding hydrogens is 188 g/mol. The first-order chi connectivity index (χ1) is 7.20. The normalized spacial score (nSPS) is 17.3. The average molecular weight is 196 g/mol. The predicted molar refractivity (Wildman–Crippen MR) is 52.7 cm³/mol. The fraction of sp³-hybridized carbons (Fsp3) is 0.250. The van der Waals surface area contributed by atoms with E-state index < -0.39 is 5.41 Å². The van der Waals surface area contributed by atoms with Crippen molar-refractivity contribution in [3.8, 4) is 12.1 Å². The van der Waals surface area contributed by atoms with E-state index >= 15 is 0 Å². The van der Waals surface area contributed by atoms with Crippen molar-refractivity contribution in [1.29, 1.82) is 10.5 Å². The van der Waals surface area contributed by atoms with E-state index in [1.165, 1.54) is 0 Å². The van der Waals surface area contributed by atoms with E-state index in [1.807, 2.05) is 6.07 Å². The maximum atomic E-state index is 11.0. The molecule has 0 unspecified atom stereocenters. The van der Waals surface area contributed by atoms with Crippen LogP contribution in [0.5, 0.6) is 0 Å². The highest BCUT2D eigenvalue weighted by atomic mass is 16.1. The Morgan fingerprint density at radius 2 is 2.00 bits per heavy atom. The molecule has 1 aromatic carbocycles. The lowest BCUT2D eigenvalue weighted by Gasteiger charge is -2.34. The number of hydrogen-bond acceptors (Lipinski definition) is 3. The first-order valence-corrected chi connectivity index (χ1v) is 4.64. The fourth-order valence-electron chi connectivity index (χ4n) is 1.86. The van der Waals surface area contributed by atoms with E-state index in [9.17, 15) is 4.79 Å². The summed E-state index contributed by atoms with van der Waals surface area (Å²) in [5, 5.41) is 17.8. The van der Waals surface area contributed by atoms with E-state index in [0.717, 1.165) is 5.56 Å². The van der Waals surface area contributed by atoms with Crippen molar-refractivity contribution >= 4 is 5.78 Å². The Morgan fingerprint density at radius 3 is 2.53 bits per heavy atom. The van der Waals surface area contributed by atoms with Gasteiger partial charge in [0.05, 0.1) is 23.1 Å². The van der Waals surface area contributed by atoms with E-state index in [-0.39, 0.29) is 18.6 Å². The summed E-state index contributed by atoms with van der Waals surface area (Å²) >= 11 is 0. The summed E-state index contributed by atoms with van der Waals surface area (Å²) in [6.45, 7) is 0. The molecule has 1 aliphatic rings. The van der Waals surface area contributed by atoms with Gasteiger partial charge in [-0.1, -0.05) is 12.1 Å². The van der Waals surface area contributed by atoms with Crippen LogP contribution < -0.4 is 0 Å². The van der Waals surface area contributed by atoms with Crippen LogP contribution in [-0.2, 0) is 10.2 Å². The average Bonchev–Trinajstić information content (AvgIpc) is 2.24. The summed E-state index contributed by atoms with van der Waals surface area (Å²) < 4.78 is 0. The van der Waals surface area contributed by atoms with Gasteiger partial charge in [0, 0.05) is 12.8 Å². The Balaban J connectivity index is 2.42. The quantitative estimate of drug-likeness (QED) is 0.686. The van der Waals surface area contributed by atoms with E-state index in [1.54, 1.807) is 24.3 Å². The topological polar surface area (TPSA) is 64.7 Å². The monoisotopic (exact) mass is 196 g/mol. The van der Waals surface area contributed by atoms with E-state index in [0.29, 0.717) is 5.56 Å². The summed E-state index contributed by atoms with van der Waals surface area (Å²) in [6.07, 6.45) is 0.552. The highest BCUT2D eigenvalue weighted by Crippen LogP contribution is 2.40. The molecule has 2 rings (SSSR count). The van der Waals surface area contributed by atoms with Crippen LogP contribution >= 0.6 is 0 Å². The van der Waals surface area contributed by atoms with Crippen LogP contribution in [0.25, 0.3) is 0 Å². The van der Waals surface area contributed by atoms with Gasteiger partial charge >= 0.3 is 0 Å². The molecular formula is C12H8N2O. The third-order valence-corrected chi connectivity index (χ3v) is 2.76. The number of rotatable bonds is 1. The van der Waals surface area contributed by atoms with Crippen molar-refractivity contribution in [2.45, 2.75) is 18.3 Å². The summed E-state index contributed by atoms with van der Waals surface area (Å²) in [4.78, 5) is 11.0. The Labute approximate surface area is 87.6 Å². The Bertz CT molecular complexity index is 497. The molecule has 0 aromatic heterocycles. The van der Waals surface area contributed by atoms with Gasteiger partial charge in [0.15, 0.2) is 0 Å². The number of benzene rings is 1. The molecule has 0 atom stereocenters. The lowest BCUT2D eigenvalue weighted by Crippen LogP contribution is -2.40. The van der Waals surface area contributed by atoms with Crippen molar-refractivity contribution < 1.29 is 4.79 Å². The number of nitriles is 2. The first-order valence-electron chi connectivity index (χ1n) is 4.64. The molecule has 1 saturated carbocycles. The number of hydrogen-bond donors (Lipinski definition) is 0. The molecule has 0 saturated heterocycles. The van der Waals surface area contributed by atoms with Gasteiger partial charge in [-0.3, -0.25) is 4.79 Å². The van der Waals surface area contributed by atoms with Crippen LogP contribution in [0.1, 0.15) is 24.0 Å². The van der Waals surface area contributed by atoms with Crippen LogP contribution in [-0.4, -0.2) is 5.78 Å². The SMILES string of the molecule is N#Cc1cccc(C2(C#N)CC(=O)C2)c1. The largest absolute Gasteiger partial charge is 0.300 e. The predicted octanol–water partition coefficient (Wildman–Crippen LogP) is 1.68. The van der Waals surface area contributed by atoms with Gasteiger partial charge in [-0.25, -0.2) is 0 Å². The minimum Gasteiger partial charge on any atom is -0.300 e. The highest BCUT2D eigenvalue weighted by molar-refractivity contribution is 5.90. The standard InChI is InChI=1S/C12H8N2O/c13-7-9-2-1-3-10(4-9)12(8-14)5-11(15)6-12/h1-4H,5-6H2. The molecule has 0 aliphatic heterocycles. The minimum atomic E-state index is -0.677. The summed E-state index contributed by atoms with van der Waals surface area (Å²) in [5.41, 5.74) is 0.634. The lowest BCUT2D eigenvalue weighted by molar-refractivity contribution is -0.126. The van der Waals surface area contributed by atoms with Gasteiger partial charge in [0.2, 0.25) is 0 Å². The summed E-state index contributed by atoms with van der Waals surface area (Å²) in [5.74, 6) is 0.110. The van der Waals surface area contributed by atoms with Gasteiger partial charge in [0.1, 0.15) is 5.78 Å². The summed E-state index contributed by atoms with van der Waals surface area (Å²) in [7, 11) is 0. The number of nitrogens with zero attached hydrogens (tertiary/aromatic N) is 2. The second-order valence-electron chi connectivity index (χ2n) is 3.78. The molecule has 1 aliphatic carbocycles. The van der Waals surface area contributed by atoms with Crippen molar-refractivity contribution in [2.24, 2.45) is 0 Å². The minimum absolute atomic E-state index is 0.110. The number of carbonyl (C=O) groups is 1. The van der Waals surface area contributed by atoms with Gasteiger partial charge in [-0.15, -0.1) is 0 Å². The zero-order valence-corrected chi connectivity index (χ0v) is 8.03. The van der Waals surface area contributed by atoms with Gasteiger partial charge in [0.25, 0.3) is 0 Å². The first kappa shape index (κ1) is 9.43. The maximum Gasteiger partial charge on any atom is 0.136 e. The van der Waals surface area contributed by atoms with Crippen molar-refractivity contribution in [1.82, 2.24) is 0 Å². The molecule has 0 amide bonds. The van der Waals surface area contributed by atoms with Crippen molar-refractivity contribution in [3.05, 3.63) is 35.4 Å². The molecule has 3 nitrogen and oxygen atoms in total. The number of carbonyl (C=O) groups excluding carboxylic acids is 1. The van der Waals surface area contributed by atoms with Gasteiger partial charge in [-0.05, 0) is 17.7 Å². The molecule has 15 heavy (non-hydrogen) atoms. The Morgan fingerprint density at radius 1 is 1.27 bits per heavy atom. The Hall–Kier alpha value is -2.13. The molecule has 0 bridgehead atoms. The molecule has 3 heteroatoms. The molecule has 1 fully saturated rings. The second-order valence-corrected chi connectivity index (χ2v) is 3.78. The maximum absolute atomic E-state index is 11.0. The van der Waals surface area contributed by atoms with Crippen molar-refractivity contribution in [3.63, 3.8) is 0 Å². The van der Waals surface area contributed by atoms with Crippen molar-refractivity contribution in [2.75, 3.05) is 0 Å². The molecule has 0 N–H and O–H groups in total. The second kappa shape index (κ2) is 3.22. The number of Topliss-reactive ketones (excluding diaryl/α,β-unsaturated/α-hetero) is 1. The molecule has 72 valence electrons. The molecule has 0 spiro atoms. The van der Waals surface area contributed by atoms with Crippen LogP contribution in [0.4, 0.5) is 0 Å². The zero-order chi connectivity index (χ0) is 10.9. The van der Waals surface area contributed by atoms with E-state index in [4.69, 9.17) is 10.5 Å². The lowest BCUT2D eigenvalue weighted by atomic mass is 9.64. The summed E-state index contributed by atoms with van der Waals surface area (Å²) in [6, 6.07) is 11.1. The fourth-order valence-corrected chi connectivity index (χ4v) is 1.86. The third-order valence-electron chi connectivity index (χ3n) is 2.76. The molecule has 1 aromatic rings. The van der Waals surface area contributed by atoms with Gasteiger partial charge < -0.3 is 0 Å². The van der Waals surface area contributed by atoms with Crippen LogP contribution in [0.3, 0.4) is 0 Å². The highest BCUT2D eigenvalue weighted by Gasteiger charge is 2.45. The van der Waals surface area contributed by atoms with Gasteiger partial charge in [-0.2, -0.15) is 10.5 Å². The Kier molecular flexibility index (Phi) is 2.02. The molecule has 0 radical (unpaired) electrons. The van der Waals surface area contributed by atoms with Crippen LogP contribution in [0.2, 0.25) is 0 Å². The smallest absolute Gasteiger partial charge is 0.136 e.